The van der Waals surface area contributed by atoms with Gasteiger partial charge in [-0.15, -0.1) is 0 Å². The molecule has 1 atom stereocenters. The fourth-order valence-corrected chi connectivity index (χ4v) is 2.19. The number of nitrogens with one attached hydrogen (secondary N) is 1. The minimum absolute atomic E-state index is 0.471. The Morgan fingerprint density at radius 2 is 1.82 bits per heavy atom. The molecule has 0 aliphatic rings. The first kappa shape index (κ1) is 14.2. The summed E-state index contributed by atoms with van der Waals surface area (Å²) in [7, 11) is 2.22. The molecule has 2 nitrogen and oxygen atoms in total. The third-order valence-corrected chi connectivity index (χ3v) is 2.96. The molecule has 1 aromatic carbocycles. The van der Waals surface area contributed by atoms with Gasteiger partial charge in [-0.3, -0.25) is 4.90 Å². The van der Waals surface area contributed by atoms with E-state index in [1.54, 1.807) is 0 Å². The van der Waals surface area contributed by atoms with E-state index in [0.717, 1.165) is 19.6 Å². The normalized spacial score (nSPS) is 13.3. The van der Waals surface area contributed by atoms with Crippen LogP contribution in [0.1, 0.15) is 32.4 Å². The van der Waals surface area contributed by atoms with Crippen LogP contribution in [0.4, 0.5) is 0 Å². The monoisotopic (exact) mass is 234 g/mol. The molecule has 96 valence electrons. The summed E-state index contributed by atoms with van der Waals surface area (Å²) in [4.78, 5) is 2.45. The van der Waals surface area contributed by atoms with Crippen molar-refractivity contribution in [2.75, 3.05) is 26.7 Å². The third kappa shape index (κ3) is 4.88. The molecule has 17 heavy (non-hydrogen) atoms. The van der Waals surface area contributed by atoms with Crippen molar-refractivity contribution in [2.24, 2.45) is 5.92 Å². The van der Waals surface area contributed by atoms with Crippen LogP contribution in [-0.4, -0.2) is 31.6 Å². The molecule has 1 unspecified atom stereocenters. The Morgan fingerprint density at radius 1 is 1.18 bits per heavy atom. The van der Waals surface area contributed by atoms with Crippen LogP contribution in [-0.2, 0) is 0 Å². The number of nitrogens with zero attached hydrogens (tertiary/aromatic N) is 1. The maximum atomic E-state index is 3.46. The Morgan fingerprint density at radius 3 is 2.35 bits per heavy atom. The van der Waals surface area contributed by atoms with E-state index in [-0.39, 0.29) is 0 Å². The van der Waals surface area contributed by atoms with Gasteiger partial charge in [0.1, 0.15) is 0 Å². The van der Waals surface area contributed by atoms with Gasteiger partial charge in [0.15, 0.2) is 0 Å². The van der Waals surface area contributed by atoms with Gasteiger partial charge in [-0.1, -0.05) is 51.1 Å². The summed E-state index contributed by atoms with van der Waals surface area (Å²) in [5, 5.41) is 3.46. The summed E-state index contributed by atoms with van der Waals surface area (Å²) in [5.41, 5.74) is 1.40. The van der Waals surface area contributed by atoms with Crippen LogP contribution >= 0.6 is 0 Å². The second-order valence-corrected chi connectivity index (χ2v) is 5.07. The Balaban J connectivity index is 2.73. The summed E-state index contributed by atoms with van der Waals surface area (Å²) in [6, 6.07) is 11.2. The highest BCUT2D eigenvalue weighted by Gasteiger charge is 2.16. The largest absolute Gasteiger partial charge is 0.315 e. The van der Waals surface area contributed by atoms with Crippen LogP contribution in [0.15, 0.2) is 30.3 Å². The highest BCUT2D eigenvalue weighted by Crippen LogP contribution is 2.19. The molecule has 0 aliphatic carbocycles. The molecule has 0 saturated heterocycles. The number of hydrogen-bond donors (Lipinski definition) is 1. The van der Waals surface area contributed by atoms with Crippen LogP contribution in [0.2, 0.25) is 0 Å². The van der Waals surface area contributed by atoms with E-state index in [9.17, 15) is 0 Å². The average molecular weight is 234 g/mol. The summed E-state index contributed by atoms with van der Waals surface area (Å²) in [5.74, 6) is 0.702. The van der Waals surface area contributed by atoms with E-state index in [1.165, 1.54) is 5.56 Å². The van der Waals surface area contributed by atoms with Crippen molar-refractivity contribution in [1.82, 2.24) is 10.2 Å². The zero-order chi connectivity index (χ0) is 12.7. The Hall–Kier alpha value is -0.860. The average Bonchev–Trinajstić information content (AvgIpc) is 2.30. The molecule has 0 fully saturated rings. The van der Waals surface area contributed by atoms with Gasteiger partial charge in [-0.2, -0.15) is 0 Å². The van der Waals surface area contributed by atoms with Gasteiger partial charge in [-0.05, 0) is 25.1 Å². The highest BCUT2D eigenvalue weighted by molar-refractivity contribution is 5.19. The molecule has 0 bridgehead atoms. The molecule has 0 amide bonds. The van der Waals surface area contributed by atoms with Gasteiger partial charge < -0.3 is 5.32 Å². The van der Waals surface area contributed by atoms with E-state index in [1.807, 2.05) is 0 Å². The second-order valence-electron chi connectivity index (χ2n) is 5.07. The van der Waals surface area contributed by atoms with Crippen molar-refractivity contribution < 1.29 is 0 Å². The lowest BCUT2D eigenvalue weighted by Crippen LogP contribution is -2.35. The van der Waals surface area contributed by atoms with E-state index in [0.29, 0.717) is 12.0 Å². The van der Waals surface area contributed by atoms with E-state index in [4.69, 9.17) is 0 Å². The molecule has 0 saturated carbocycles. The predicted octanol–water partition coefficient (Wildman–Crippen LogP) is 2.93. The van der Waals surface area contributed by atoms with Crippen LogP contribution in [0.5, 0.6) is 0 Å². The van der Waals surface area contributed by atoms with Crippen molar-refractivity contribution in [2.45, 2.75) is 26.8 Å². The van der Waals surface area contributed by atoms with Crippen LogP contribution in [0.3, 0.4) is 0 Å². The second kappa shape index (κ2) is 7.46. The minimum Gasteiger partial charge on any atom is -0.315 e. The van der Waals surface area contributed by atoms with Gasteiger partial charge in [0.2, 0.25) is 0 Å². The van der Waals surface area contributed by atoms with Gasteiger partial charge >= 0.3 is 0 Å². The van der Waals surface area contributed by atoms with E-state index < -0.39 is 0 Å². The van der Waals surface area contributed by atoms with Crippen molar-refractivity contribution in [3.05, 3.63) is 35.9 Å². The molecule has 0 aromatic heterocycles. The predicted molar refractivity (Wildman–Crippen MR) is 75.2 cm³/mol. The first-order valence-corrected chi connectivity index (χ1v) is 6.61. The fourth-order valence-electron chi connectivity index (χ4n) is 2.19. The lowest BCUT2D eigenvalue weighted by Gasteiger charge is -2.30. The smallest absolute Gasteiger partial charge is 0.0469 e. The molecule has 2 heteroatoms. The van der Waals surface area contributed by atoms with Gasteiger partial charge in [0, 0.05) is 19.1 Å². The van der Waals surface area contributed by atoms with Gasteiger partial charge in [-0.25, -0.2) is 0 Å². The fraction of sp³-hybridized carbons (Fsp3) is 0.600. The zero-order valence-electron chi connectivity index (χ0n) is 11.6. The molecule has 0 aliphatic heterocycles. The molecule has 1 aromatic rings. The molecule has 1 rings (SSSR count). The van der Waals surface area contributed by atoms with Crippen LogP contribution < -0.4 is 5.32 Å². The molecule has 0 heterocycles. The number of benzene rings is 1. The van der Waals surface area contributed by atoms with Gasteiger partial charge in [0.05, 0.1) is 0 Å². The van der Waals surface area contributed by atoms with Crippen molar-refractivity contribution >= 4 is 0 Å². The Bertz CT molecular complexity index is 295. The third-order valence-electron chi connectivity index (χ3n) is 2.96. The number of hydrogen-bond acceptors (Lipinski definition) is 2. The number of rotatable bonds is 7. The van der Waals surface area contributed by atoms with E-state index in [2.05, 4.69) is 68.4 Å². The van der Waals surface area contributed by atoms with Crippen molar-refractivity contribution in [1.29, 1.82) is 0 Å². The van der Waals surface area contributed by atoms with Crippen molar-refractivity contribution in [3.63, 3.8) is 0 Å². The molecular formula is C15H26N2. The standard InChI is InChI=1S/C15H26N2/c1-5-16-11-15(17(4)12-13(2)3)14-9-7-6-8-10-14/h6-10,13,15-16H,5,11-12H2,1-4H3. The first-order chi connectivity index (χ1) is 8.15. The number of likely N-dealkylation sites (N-methyl/N-ethyl adjacent to an activating group) is 2. The highest BCUT2D eigenvalue weighted by atomic mass is 15.1. The first-order valence-electron chi connectivity index (χ1n) is 6.61. The molecular weight excluding hydrogens is 208 g/mol. The summed E-state index contributed by atoms with van der Waals surface area (Å²) in [6.07, 6.45) is 0. The van der Waals surface area contributed by atoms with Gasteiger partial charge in [0.25, 0.3) is 0 Å². The molecule has 0 radical (unpaired) electrons. The maximum absolute atomic E-state index is 3.46. The molecule has 1 N–H and O–H groups in total. The lowest BCUT2D eigenvalue weighted by atomic mass is 10.0. The lowest BCUT2D eigenvalue weighted by molar-refractivity contribution is 0.214. The van der Waals surface area contributed by atoms with Crippen molar-refractivity contribution in [3.8, 4) is 0 Å². The summed E-state index contributed by atoms with van der Waals surface area (Å²) in [6.45, 7) is 9.87. The van der Waals surface area contributed by atoms with E-state index >= 15 is 0 Å². The van der Waals surface area contributed by atoms with Crippen LogP contribution in [0, 0.1) is 5.92 Å². The Labute approximate surface area is 106 Å². The maximum Gasteiger partial charge on any atom is 0.0469 e. The minimum atomic E-state index is 0.471. The SMILES string of the molecule is CCNCC(c1ccccc1)N(C)CC(C)C. The quantitative estimate of drug-likeness (QED) is 0.780. The topological polar surface area (TPSA) is 15.3 Å². The zero-order valence-corrected chi connectivity index (χ0v) is 11.6. The Kier molecular flexibility index (Phi) is 6.23. The molecule has 0 spiro atoms. The summed E-state index contributed by atoms with van der Waals surface area (Å²) < 4.78 is 0. The summed E-state index contributed by atoms with van der Waals surface area (Å²) >= 11 is 0. The van der Waals surface area contributed by atoms with Crippen LogP contribution in [0.25, 0.3) is 0 Å².